The Morgan fingerprint density at radius 1 is 0.607 bits per heavy atom. The minimum Gasteiger partial charge on any atom is -0.492 e. The summed E-state index contributed by atoms with van der Waals surface area (Å²) in [7, 11) is 0. The fourth-order valence-corrected chi connectivity index (χ4v) is 7.34. The number of amides is 2. The highest BCUT2D eigenvalue weighted by Crippen LogP contribution is 2.34. The Labute approximate surface area is 332 Å². The lowest BCUT2D eigenvalue weighted by atomic mass is 10.1. The molecule has 0 radical (unpaired) electrons. The minimum absolute atomic E-state index is 0.137. The molecule has 0 unspecified atom stereocenters. The molecule has 4 aromatic rings. The molecule has 2 saturated heterocycles. The first-order valence-electron chi connectivity index (χ1n) is 19.4. The lowest BCUT2D eigenvalue weighted by molar-refractivity contribution is -0.111. The van der Waals surface area contributed by atoms with Crippen molar-refractivity contribution in [2.45, 2.75) is 38.5 Å². The number of halogens is 2. The summed E-state index contributed by atoms with van der Waals surface area (Å²) in [6.07, 6.45) is 11.2. The number of benzene rings is 4. The second-order valence-corrected chi connectivity index (χ2v) is 14.7. The number of carbonyl (C=O) groups is 2. The molecular formula is C44H48ClFN6O4. The number of anilines is 4. The van der Waals surface area contributed by atoms with Gasteiger partial charge in [0.15, 0.2) is 0 Å². The van der Waals surface area contributed by atoms with Crippen LogP contribution in [0.15, 0.2) is 97.3 Å². The van der Waals surface area contributed by atoms with Crippen LogP contribution in [0, 0.1) is 5.82 Å². The summed E-state index contributed by atoms with van der Waals surface area (Å²) in [6.45, 7) is 8.02. The molecule has 4 aliphatic heterocycles. The Morgan fingerprint density at radius 3 is 1.54 bits per heavy atom. The van der Waals surface area contributed by atoms with Gasteiger partial charge in [0.2, 0.25) is 0 Å². The van der Waals surface area contributed by atoms with E-state index >= 15 is 0 Å². The van der Waals surface area contributed by atoms with E-state index in [0.29, 0.717) is 40.6 Å². The van der Waals surface area contributed by atoms with E-state index in [2.05, 4.69) is 31.1 Å². The smallest absolute Gasteiger partial charge is 0.257 e. The van der Waals surface area contributed by atoms with E-state index in [0.717, 1.165) is 47.2 Å². The van der Waals surface area contributed by atoms with Crippen LogP contribution in [0.1, 0.15) is 49.7 Å². The van der Waals surface area contributed by atoms with E-state index in [-0.39, 0.29) is 17.6 Å². The first-order valence-corrected chi connectivity index (χ1v) is 19.8. The average Bonchev–Trinajstić information content (AvgIpc) is 3.71. The van der Waals surface area contributed by atoms with Crippen LogP contribution >= 0.6 is 11.6 Å². The zero-order valence-corrected chi connectivity index (χ0v) is 32.2. The second kappa shape index (κ2) is 19.0. The van der Waals surface area contributed by atoms with Crippen molar-refractivity contribution in [2.75, 3.05) is 73.7 Å². The lowest BCUT2D eigenvalue weighted by Crippen LogP contribution is -2.33. The van der Waals surface area contributed by atoms with Crippen molar-refractivity contribution in [3.8, 4) is 11.5 Å². The third-order valence-electron chi connectivity index (χ3n) is 10.3. The van der Waals surface area contributed by atoms with Crippen molar-refractivity contribution >= 4 is 57.3 Å². The van der Waals surface area contributed by atoms with Gasteiger partial charge in [-0.1, -0.05) is 24.4 Å². The quantitative estimate of drug-likeness (QED) is 0.106. The minimum atomic E-state index is -0.368. The summed E-state index contributed by atoms with van der Waals surface area (Å²) in [5.74, 6) is 0.924. The molecule has 0 aromatic heterocycles. The number of likely N-dealkylation sites (tertiary alicyclic amines) is 2. The molecule has 4 N–H and O–H groups in total. The summed E-state index contributed by atoms with van der Waals surface area (Å²) in [5, 5.41) is 12.5. The zero-order valence-electron chi connectivity index (χ0n) is 31.4. The third kappa shape index (κ3) is 10.5. The monoisotopic (exact) mass is 778 g/mol. The van der Waals surface area contributed by atoms with Crippen LogP contribution in [0.5, 0.6) is 11.5 Å². The zero-order chi connectivity index (χ0) is 38.7. The molecule has 0 atom stereocenters. The number of fused-ring (bicyclic) bond motifs is 2. The van der Waals surface area contributed by atoms with Crippen molar-refractivity contribution in [3.05, 3.63) is 119 Å². The SMILES string of the molecule is O=C1Nc2ccc(Cl)cc2/C1=C\Nc1ccc(OCCN2CCCCC2)cc1.O=C1Nc2ccc(F)cc2/C1=C\Nc1ccc(OCCN2CCCCC2)cc1. The third-order valence-corrected chi connectivity index (χ3v) is 10.5. The van der Waals surface area contributed by atoms with Gasteiger partial charge >= 0.3 is 0 Å². The molecule has 56 heavy (non-hydrogen) atoms. The molecule has 10 nitrogen and oxygen atoms in total. The Morgan fingerprint density at radius 2 is 1.05 bits per heavy atom. The highest BCUT2D eigenvalue weighted by atomic mass is 35.5. The van der Waals surface area contributed by atoms with Crippen molar-refractivity contribution in [1.29, 1.82) is 0 Å². The Kier molecular flexibility index (Phi) is 13.2. The largest absolute Gasteiger partial charge is 0.492 e. The van der Waals surface area contributed by atoms with Crippen LogP contribution < -0.4 is 30.7 Å². The van der Waals surface area contributed by atoms with Crippen LogP contribution in [0.25, 0.3) is 11.1 Å². The molecule has 2 fully saturated rings. The molecule has 8 rings (SSSR count). The van der Waals surface area contributed by atoms with Gasteiger partial charge in [-0.05, 0) is 137 Å². The molecule has 0 aliphatic carbocycles. The molecule has 2 amide bonds. The van der Waals surface area contributed by atoms with E-state index in [9.17, 15) is 14.0 Å². The number of ether oxygens (including phenoxy) is 2. The maximum Gasteiger partial charge on any atom is 0.257 e. The van der Waals surface area contributed by atoms with Crippen LogP contribution in [0.2, 0.25) is 5.02 Å². The molecule has 12 heteroatoms. The summed E-state index contributed by atoms with van der Waals surface area (Å²) >= 11 is 6.06. The Bertz CT molecular complexity index is 1900. The maximum atomic E-state index is 13.5. The highest BCUT2D eigenvalue weighted by Gasteiger charge is 2.25. The summed E-state index contributed by atoms with van der Waals surface area (Å²) < 4.78 is 25.2. The first kappa shape index (κ1) is 38.9. The predicted octanol–water partition coefficient (Wildman–Crippen LogP) is 8.71. The van der Waals surface area contributed by atoms with E-state index in [1.165, 1.54) is 76.8 Å². The Hall–Kier alpha value is -5.36. The lowest BCUT2D eigenvalue weighted by Gasteiger charge is -2.26. The number of nitrogens with one attached hydrogen (secondary N) is 4. The molecule has 0 spiro atoms. The van der Waals surface area contributed by atoms with Crippen LogP contribution in [0.4, 0.5) is 27.1 Å². The highest BCUT2D eigenvalue weighted by molar-refractivity contribution is 6.34. The van der Waals surface area contributed by atoms with Gasteiger partial charge in [0.05, 0.1) is 11.1 Å². The molecule has 4 aromatic carbocycles. The number of piperidine rings is 2. The number of nitrogens with zero attached hydrogens (tertiary/aromatic N) is 2. The number of hydrogen-bond acceptors (Lipinski definition) is 8. The topological polar surface area (TPSA) is 107 Å². The maximum absolute atomic E-state index is 13.5. The normalized spacial score (nSPS) is 18.0. The van der Waals surface area contributed by atoms with Crippen LogP contribution in [0.3, 0.4) is 0 Å². The fourth-order valence-electron chi connectivity index (χ4n) is 7.16. The van der Waals surface area contributed by atoms with Crippen molar-refractivity contribution in [2.24, 2.45) is 0 Å². The van der Waals surface area contributed by atoms with Crippen LogP contribution in [-0.2, 0) is 9.59 Å². The van der Waals surface area contributed by atoms with E-state index in [1.54, 1.807) is 30.6 Å². The van der Waals surface area contributed by atoms with Crippen molar-refractivity contribution in [3.63, 3.8) is 0 Å². The summed E-state index contributed by atoms with van der Waals surface area (Å²) in [6, 6.07) is 25.0. The van der Waals surface area contributed by atoms with Crippen molar-refractivity contribution in [1.82, 2.24) is 9.80 Å². The number of rotatable bonds is 12. The van der Waals surface area contributed by atoms with Gasteiger partial charge in [-0.3, -0.25) is 19.4 Å². The molecule has 4 aliphatic rings. The standard InChI is InChI=1S/C22H24ClN3O2.C22H24FN3O2/c2*23-16-4-9-21-19(14-16)20(22(27)25-21)15-24-17-5-7-18(8-6-17)28-13-12-26-10-2-1-3-11-26/h2*4-9,14-15,24H,1-3,10-13H2,(H,25,27)/b2*20-15+. The molecule has 4 heterocycles. The predicted molar refractivity (Wildman–Crippen MR) is 223 cm³/mol. The molecule has 292 valence electrons. The summed E-state index contributed by atoms with van der Waals surface area (Å²) in [4.78, 5) is 29.2. The fraction of sp³-hybridized carbons (Fsp3) is 0.318. The van der Waals surface area contributed by atoms with Gasteiger partial charge in [0.25, 0.3) is 11.8 Å². The van der Waals surface area contributed by atoms with Crippen molar-refractivity contribution < 1.29 is 23.5 Å². The van der Waals surface area contributed by atoms with Gasteiger partial charge in [-0.2, -0.15) is 0 Å². The average molecular weight is 779 g/mol. The van der Waals surface area contributed by atoms with Gasteiger partial charge < -0.3 is 30.7 Å². The van der Waals surface area contributed by atoms with E-state index in [4.69, 9.17) is 21.1 Å². The van der Waals surface area contributed by atoms with Gasteiger partial charge in [-0.15, -0.1) is 0 Å². The molecular weight excluding hydrogens is 731 g/mol. The Balaban J connectivity index is 0.000000172. The first-order chi connectivity index (χ1) is 27.4. The van der Waals surface area contributed by atoms with E-state index in [1.807, 2.05) is 54.6 Å². The van der Waals surface area contributed by atoms with Crippen LogP contribution in [-0.4, -0.2) is 74.1 Å². The summed E-state index contributed by atoms with van der Waals surface area (Å²) in [5.41, 5.74) is 5.47. The number of carbonyl (C=O) groups excluding carboxylic acids is 2. The van der Waals surface area contributed by atoms with Gasteiger partial charge in [0.1, 0.15) is 30.5 Å². The second-order valence-electron chi connectivity index (χ2n) is 14.2. The van der Waals surface area contributed by atoms with E-state index < -0.39 is 0 Å². The molecule has 0 saturated carbocycles. The molecule has 0 bridgehead atoms. The van der Waals surface area contributed by atoms with Gasteiger partial charge in [-0.25, -0.2) is 4.39 Å². The number of hydrogen-bond donors (Lipinski definition) is 4. The van der Waals surface area contributed by atoms with Gasteiger partial charge in [0, 0.05) is 64.4 Å².